The molecule has 0 rings (SSSR count). The molecule has 0 amide bonds. The first-order valence-electron chi connectivity index (χ1n) is 12.3. The lowest BCUT2D eigenvalue weighted by Gasteiger charge is -2.41. The zero-order chi connectivity index (χ0) is 21.5. The summed E-state index contributed by atoms with van der Waals surface area (Å²) < 4.78 is 12.2. The topological polar surface area (TPSA) is 57.5 Å². The van der Waals surface area contributed by atoms with E-state index < -0.39 is 12.8 Å². The smallest absolute Gasteiger partial charge is 0.324 e. The summed E-state index contributed by atoms with van der Waals surface area (Å²) in [5.41, 5.74) is 0. The summed E-state index contributed by atoms with van der Waals surface area (Å²) in [6, 6.07) is 0. The van der Waals surface area contributed by atoms with Gasteiger partial charge in [-0.05, 0) is 18.3 Å². The average molecular weight is 419 g/mol. The van der Waals surface area contributed by atoms with Crippen LogP contribution in [0.3, 0.4) is 0 Å². The molecular formula is C24H51O3P. The fourth-order valence-electron chi connectivity index (χ4n) is 4.84. The van der Waals surface area contributed by atoms with E-state index in [0.717, 1.165) is 12.8 Å². The number of unbranched alkanes of at least 4 members (excludes halogenated alkanes) is 14. The van der Waals surface area contributed by atoms with E-state index in [9.17, 15) is 14.4 Å². The Morgan fingerprint density at radius 2 is 0.893 bits per heavy atom. The molecule has 0 saturated heterocycles. The predicted octanol–water partition coefficient (Wildman–Crippen LogP) is 8.48. The Balaban J connectivity index is 3.74. The molecule has 28 heavy (non-hydrogen) atoms. The lowest BCUT2D eigenvalue weighted by molar-refractivity contribution is 0.220. The minimum atomic E-state index is -4.11. The second kappa shape index (κ2) is 15.9. The molecule has 170 valence electrons. The predicted molar refractivity (Wildman–Crippen MR) is 124 cm³/mol. The molecule has 0 aliphatic carbocycles. The second-order valence-corrected chi connectivity index (χ2v) is 11.5. The summed E-state index contributed by atoms with van der Waals surface area (Å²) in [7, 11) is -4.11. The van der Waals surface area contributed by atoms with Crippen molar-refractivity contribution in [3.8, 4) is 0 Å². The Labute approximate surface area is 176 Å². The van der Waals surface area contributed by atoms with Gasteiger partial charge in [0.15, 0.2) is 0 Å². The first-order valence-corrected chi connectivity index (χ1v) is 13.9. The first kappa shape index (κ1) is 28.1. The normalized spacial score (nSPS) is 13.0. The molecule has 0 atom stereocenters. The van der Waals surface area contributed by atoms with Crippen LogP contribution in [-0.4, -0.2) is 14.9 Å². The molecule has 0 aliphatic heterocycles. The highest BCUT2D eigenvalue weighted by Crippen LogP contribution is 2.60. The van der Waals surface area contributed by atoms with E-state index >= 15 is 0 Å². The highest BCUT2D eigenvalue weighted by atomic mass is 31.2. The Kier molecular flexibility index (Phi) is 16.0. The van der Waals surface area contributed by atoms with Crippen LogP contribution < -0.4 is 0 Å². The van der Waals surface area contributed by atoms with Crippen LogP contribution in [0.5, 0.6) is 0 Å². The summed E-state index contributed by atoms with van der Waals surface area (Å²) in [6.07, 6.45) is 20.4. The third-order valence-electron chi connectivity index (χ3n) is 6.72. The molecule has 0 radical (unpaired) electrons. The van der Waals surface area contributed by atoms with Gasteiger partial charge in [0, 0.05) is 0 Å². The maximum absolute atomic E-state index is 12.2. The molecule has 4 heteroatoms. The summed E-state index contributed by atoms with van der Waals surface area (Å²) in [5, 5.41) is -0.858. The van der Waals surface area contributed by atoms with Crippen molar-refractivity contribution < 1.29 is 14.4 Å². The Morgan fingerprint density at radius 3 is 1.14 bits per heavy atom. The Hall–Kier alpha value is 0.150. The second-order valence-electron chi connectivity index (χ2n) is 9.54. The van der Waals surface area contributed by atoms with Crippen LogP contribution in [0.4, 0.5) is 0 Å². The van der Waals surface area contributed by atoms with Crippen LogP contribution in [0, 0.1) is 11.8 Å². The van der Waals surface area contributed by atoms with Gasteiger partial charge in [-0.15, -0.1) is 0 Å². The van der Waals surface area contributed by atoms with Crippen molar-refractivity contribution in [3.63, 3.8) is 0 Å². The molecule has 0 spiro atoms. The van der Waals surface area contributed by atoms with E-state index in [1.54, 1.807) is 0 Å². The zero-order valence-electron chi connectivity index (χ0n) is 19.7. The van der Waals surface area contributed by atoms with Gasteiger partial charge in [0.25, 0.3) is 0 Å². The maximum atomic E-state index is 12.2. The minimum Gasteiger partial charge on any atom is -0.324 e. The molecule has 3 nitrogen and oxygen atoms in total. The lowest BCUT2D eigenvalue weighted by atomic mass is 9.80. The van der Waals surface area contributed by atoms with Crippen LogP contribution in [0.1, 0.15) is 137 Å². The molecule has 0 heterocycles. The van der Waals surface area contributed by atoms with Crippen molar-refractivity contribution in [2.45, 2.75) is 143 Å². The quantitative estimate of drug-likeness (QED) is 0.163. The van der Waals surface area contributed by atoms with Crippen LogP contribution in [-0.2, 0) is 4.57 Å². The van der Waals surface area contributed by atoms with Crippen LogP contribution >= 0.6 is 7.60 Å². The van der Waals surface area contributed by atoms with Crippen molar-refractivity contribution in [1.29, 1.82) is 0 Å². The van der Waals surface area contributed by atoms with Gasteiger partial charge < -0.3 is 9.79 Å². The van der Waals surface area contributed by atoms with E-state index in [-0.39, 0.29) is 11.8 Å². The largest absolute Gasteiger partial charge is 0.332 e. The molecule has 0 unspecified atom stereocenters. The van der Waals surface area contributed by atoms with Gasteiger partial charge in [-0.3, -0.25) is 4.57 Å². The highest BCUT2D eigenvalue weighted by molar-refractivity contribution is 7.53. The highest BCUT2D eigenvalue weighted by Gasteiger charge is 2.50. The number of hydrogen-bond acceptors (Lipinski definition) is 1. The molecule has 0 aromatic heterocycles. The maximum Gasteiger partial charge on any atom is 0.332 e. The Bertz CT molecular complexity index is 393. The van der Waals surface area contributed by atoms with Crippen LogP contribution in [0.2, 0.25) is 0 Å². The van der Waals surface area contributed by atoms with E-state index in [2.05, 4.69) is 6.92 Å². The van der Waals surface area contributed by atoms with Crippen molar-refractivity contribution >= 4 is 7.60 Å². The standard InChI is InChI=1S/C24H51O3P/c1-6-7-8-9-10-11-12-13-14-15-16-17-18-19-20-21-24(22(2)3,23(4)5)28(25,26)27/h22-23H,6-21H2,1-5H3,(H2,25,26,27). The van der Waals surface area contributed by atoms with E-state index in [1.165, 1.54) is 83.5 Å². The minimum absolute atomic E-state index is 0.0000203. The van der Waals surface area contributed by atoms with E-state index in [0.29, 0.717) is 6.42 Å². The molecule has 0 fully saturated rings. The fraction of sp³-hybridized carbons (Fsp3) is 1.00. The molecule has 0 saturated carbocycles. The van der Waals surface area contributed by atoms with Gasteiger partial charge in [0.1, 0.15) is 0 Å². The molecular weight excluding hydrogens is 367 g/mol. The number of hydrogen-bond donors (Lipinski definition) is 2. The molecule has 0 bridgehead atoms. The van der Waals surface area contributed by atoms with Gasteiger partial charge in [0.05, 0.1) is 5.16 Å². The van der Waals surface area contributed by atoms with E-state index in [4.69, 9.17) is 0 Å². The van der Waals surface area contributed by atoms with E-state index in [1.807, 2.05) is 27.7 Å². The third-order valence-corrected chi connectivity index (χ3v) is 9.06. The molecule has 0 aromatic rings. The molecule has 0 aliphatic rings. The average Bonchev–Trinajstić information content (AvgIpc) is 2.59. The van der Waals surface area contributed by atoms with Gasteiger partial charge in [-0.25, -0.2) is 0 Å². The lowest BCUT2D eigenvalue weighted by Crippen LogP contribution is -2.40. The fourth-order valence-corrected chi connectivity index (χ4v) is 6.64. The first-order chi connectivity index (χ1) is 13.2. The SMILES string of the molecule is CCCCCCCCCCCCCCCCCC(C(C)C)(C(C)C)P(=O)(O)O. The number of rotatable bonds is 19. The summed E-state index contributed by atoms with van der Waals surface area (Å²) >= 11 is 0. The Morgan fingerprint density at radius 1 is 0.607 bits per heavy atom. The van der Waals surface area contributed by atoms with Crippen molar-refractivity contribution in [3.05, 3.63) is 0 Å². The van der Waals surface area contributed by atoms with Crippen molar-refractivity contribution in [2.24, 2.45) is 11.8 Å². The monoisotopic (exact) mass is 418 g/mol. The zero-order valence-corrected chi connectivity index (χ0v) is 20.6. The van der Waals surface area contributed by atoms with Crippen LogP contribution in [0.15, 0.2) is 0 Å². The van der Waals surface area contributed by atoms with Crippen LogP contribution in [0.25, 0.3) is 0 Å². The summed E-state index contributed by atoms with van der Waals surface area (Å²) in [5.74, 6) is -0.0000405. The van der Waals surface area contributed by atoms with Crippen molar-refractivity contribution in [2.75, 3.05) is 0 Å². The molecule has 2 N–H and O–H groups in total. The summed E-state index contributed by atoms with van der Waals surface area (Å²) in [4.78, 5) is 20.0. The van der Waals surface area contributed by atoms with Gasteiger partial charge in [-0.2, -0.15) is 0 Å². The van der Waals surface area contributed by atoms with Gasteiger partial charge >= 0.3 is 7.60 Å². The molecule has 0 aromatic carbocycles. The third kappa shape index (κ3) is 10.8. The van der Waals surface area contributed by atoms with Gasteiger partial charge in [-0.1, -0.05) is 131 Å². The van der Waals surface area contributed by atoms with Gasteiger partial charge in [0.2, 0.25) is 0 Å². The van der Waals surface area contributed by atoms with Crippen molar-refractivity contribution in [1.82, 2.24) is 0 Å². The summed E-state index contributed by atoms with van der Waals surface area (Å²) in [6.45, 7) is 10.1.